The van der Waals surface area contributed by atoms with E-state index in [1.807, 2.05) is 41.7 Å². The zero-order valence-corrected chi connectivity index (χ0v) is 34.6. The first-order chi connectivity index (χ1) is 31.2. The first kappa shape index (κ1) is 35.6. The van der Waals surface area contributed by atoms with E-state index in [-0.39, 0.29) is 0 Å². The van der Waals surface area contributed by atoms with Crippen molar-refractivity contribution < 1.29 is 4.42 Å². The van der Waals surface area contributed by atoms with Crippen molar-refractivity contribution in [2.24, 2.45) is 0 Å². The highest BCUT2D eigenvalue weighted by Crippen LogP contribution is 2.42. The van der Waals surface area contributed by atoms with Gasteiger partial charge in [-0.15, -0.1) is 11.3 Å². The summed E-state index contributed by atoms with van der Waals surface area (Å²) in [4.78, 5) is 15.7. The van der Waals surface area contributed by atoms with Crippen molar-refractivity contribution in [2.75, 3.05) is 0 Å². The highest BCUT2D eigenvalue weighted by Gasteiger charge is 2.21. The van der Waals surface area contributed by atoms with Gasteiger partial charge in [0, 0.05) is 69.7 Å². The van der Waals surface area contributed by atoms with Gasteiger partial charge < -0.3 is 8.98 Å². The molecule has 6 heteroatoms. The van der Waals surface area contributed by atoms with Crippen molar-refractivity contribution in [3.63, 3.8) is 0 Å². The third kappa shape index (κ3) is 5.80. The third-order valence-electron chi connectivity index (χ3n) is 12.3. The van der Waals surface area contributed by atoms with E-state index in [9.17, 15) is 0 Å². The maximum Gasteiger partial charge on any atom is 0.164 e. The van der Waals surface area contributed by atoms with Crippen LogP contribution in [-0.2, 0) is 0 Å². The van der Waals surface area contributed by atoms with Gasteiger partial charge in [-0.05, 0) is 77.4 Å². The molecule has 0 unspecified atom stereocenters. The summed E-state index contributed by atoms with van der Waals surface area (Å²) in [7, 11) is 0. The topological polar surface area (TPSA) is 56.7 Å². The number of aromatic nitrogens is 4. The number of thiophene rings is 1. The zero-order valence-electron chi connectivity index (χ0n) is 33.7. The molecular weight excluding hydrogens is 789 g/mol. The molecule has 0 saturated carbocycles. The normalized spacial score (nSPS) is 11.8. The summed E-state index contributed by atoms with van der Waals surface area (Å²) >= 11 is 1.81. The molecule has 0 spiro atoms. The van der Waals surface area contributed by atoms with Crippen molar-refractivity contribution >= 4 is 75.3 Å². The van der Waals surface area contributed by atoms with Gasteiger partial charge in [0.05, 0.1) is 11.0 Å². The van der Waals surface area contributed by atoms with E-state index < -0.39 is 0 Å². The SMILES string of the molecule is c1ccc(-c2nc(-c3ccc4sc5ccccc5c4c3)nc(-c3cccc4c3c3cc(-c5ccc(-c6cccc7c6oc6ccccc67)cc5)ccc3n4-c3ccccc3)n2)cc1. The Morgan fingerprint density at radius 2 is 0.984 bits per heavy atom. The molecule has 294 valence electrons. The van der Waals surface area contributed by atoms with Gasteiger partial charge in [0.25, 0.3) is 0 Å². The molecule has 4 aromatic heterocycles. The van der Waals surface area contributed by atoms with E-state index in [0.29, 0.717) is 17.5 Å². The summed E-state index contributed by atoms with van der Waals surface area (Å²) in [5.74, 6) is 1.90. The standard InChI is InChI=1S/C57H34N4OS/c1-3-13-37(14-4-1)55-58-56(39-30-32-52-46(34-39)43-18-8-10-24-51(43)63-52)60-57(59-55)45-21-12-22-49-53(45)47-33-38(29-31-48(47)61(49)40-15-5-2-6-16-40)35-25-27-36(28-26-35)41-19-11-20-44-42-17-7-9-23-50(42)62-54(41)44/h1-34H. The predicted molar refractivity (Wildman–Crippen MR) is 262 cm³/mol. The van der Waals surface area contributed by atoms with Gasteiger partial charge in [0.2, 0.25) is 0 Å². The molecule has 0 bridgehead atoms. The van der Waals surface area contributed by atoms with Gasteiger partial charge in [0.15, 0.2) is 17.5 Å². The lowest BCUT2D eigenvalue weighted by molar-refractivity contribution is 0.670. The number of hydrogen-bond donors (Lipinski definition) is 0. The quantitative estimate of drug-likeness (QED) is 0.168. The van der Waals surface area contributed by atoms with E-state index in [4.69, 9.17) is 19.4 Å². The molecule has 0 fully saturated rings. The smallest absolute Gasteiger partial charge is 0.164 e. The number of rotatable bonds is 6. The second-order valence-corrected chi connectivity index (χ2v) is 17.0. The maximum atomic E-state index is 6.41. The molecular formula is C57H34N4OS. The molecule has 0 atom stereocenters. The number of benzene rings is 9. The number of para-hydroxylation sites is 3. The molecule has 0 radical (unpaired) electrons. The average molecular weight is 823 g/mol. The van der Waals surface area contributed by atoms with Crippen LogP contribution < -0.4 is 0 Å². The van der Waals surface area contributed by atoms with Crippen LogP contribution >= 0.6 is 11.3 Å². The van der Waals surface area contributed by atoms with Crippen LogP contribution in [0.1, 0.15) is 0 Å². The Bertz CT molecular complexity index is 3900. The van der Waals surface area contributed by atoms with Crippen LogP contribution in [0.5, 0.6) is 0 Å². The number of hydrogen-bond acceptors (Lipinski definition) is 5. The van der Waals surface area contributed by atoms with Crippen molar-refractivity contribution in [2.45, 2.75) is 0 Å². The van der Waals surface area contributed by atoms with Crippen LogP contribution in [0.2, 0.25) is 0 Å². The molecule has 9 aromatic carbocycles. The van der Waals surface area contributed by atoms with Crippen molar-refractivity contribution in [1.82, 2.24) is 19.5 Å². The van der Waals surface area contributed by atoms with Crippen molar-refractivity contribution in [3.05, 3.63) is 206 Å². The summed E-state index contributed by atoms with van der Waals surface area (Å²) in [6.07, 6.45) is 0. The molecule has 63 heavy (non-hydrogen) atoms. The monoisotopic (exact) mass is 822 g/mol. The fourth-order valence-electron chi connectivity index (χ4n) is 9.32. The summed E-state index contributed by atoms with van der Waals surface area (Å²) in [6.45, 7) is 0. The Kier molecular flexibility index (Phi) is 8.01. The van der Waals surface area contributed by atoms with Crippen LogP contribution in [-0.4, -0.2) is 19.5 Å². The van der Waals surface area contributed by atoms with E-state index >= 15 is 0 Å². The number of nitrogens with zero attached hydrogens (tertiary/aromatic N) is 4. The Morgan fingerprint density at radius 1 is 0.365 bits per heavy atom. The Labute approximate surface area is 365 Å². The first-order valence-corrected chi connectivity index (χ1v) is 21.9. The highest BCUT2D eigenvalue weighted by atomic mass is 32.1. The lowest BCUT2D eigenvalue weighted by Gasteiger charge is -2.10. The largest absolute Gasteiger partial charge is 0.455 e. The van der Waals surface area contributed by atoms with E-state index in [2.05, 4.69) is 180 Å². The van der Waals surface area contributed by atoms with Crippen molar-refractivity contribution in [1.29, 1.82) is 0 Å². The van der Waals surface area contributed by atoms with Crippen molar-refractivity contribution in [3.8, 4) is 62.1 Å². The number of furan rings is 1. The second-order valence-electron chi connectivity index (χ2n) is 15.9. The Hall–Kier alpha value is -8.19. The van der Waals surface area contributed by atoms with Crippen LogP contribution in [0.15, 0.2) is 211 Å². The second kappa shape index (κ2) is 14.2. The molecule has 0 N–H and O–H groups in total. The minimum Gasteiger partial charge on any atom is -0.455 e. The van der Waals surface area contributed by atoms with Crippen LogP contribution in [0.4, 0.5) is 0 Å². The van der Waals surface area contributed by atoms with Gasteiger partial charge >= 0.3 is 0 Å². The maximum absolute atomic E-state index is 6.41. The van der Waals surface area contributed by atoms with Crippen LogP contribution in [0.25, 0.3) is 126 Å². The highest BCUT2D eigenvalue weighted by molar-refractivity contribution is 7.25. The van der Waals surface area contributed by atoms with Crippen LogP contribution in [0.3, 0.4) is 0 Å². The molecule has 0 aliphatic carbocycles. The molecule has 0 amide bonds. The van der Waals surface area contributed by atoms with E-state index in [1.165, 1.54) is 20.2 Å². The van der Waals surface area contributed by atoms with Gasteiger partial charge in [-0.1, -0.05) is 146 Å². The lowest BCUT2D eigenvalue weighted by Crippen LogP contribution is -2.00. The minimum atomic E-state index is 0.626. The molecule has 0 saturated heterocycles. The first-order valence-electron chi connectivity index (χ1n) is 21.1. The fraction of sp³-hybridized carbons (Fsp3) is 0. The molecule has 13 rings (SSSR count). The van der Waals surface area contributed by atoms with Gasteiger partial charge in [-0.2, -0.15) is 0 Å². The van der Waals surface area contributed by atoms with E-state index in [1.54, 1.807) is 0 Å². The number of fused-ring (bicyclic) bond motifs is 9. The molecule has 5 nitrogen and oxygen atoms in total. The summed E-state index contributed by atoms with van der Waals surface area (Å²) < 4.78 is 11.3. The Balaban J connectivity index is 0.999. The van der Waals surface area contributed by atoms with E-state index in [0.717, 1.165) is 88.4 Å². The summed E-state index contributed by atoms with van der Waals surface area (Å²) in [6, 6.07) is 72.7. The third-order valence-corrected chi connectivity index (χ3v) is 13.4. The molecule has 13 aromatic rings. The summed E-state index contributed by atoms with van der Waals surface area (Å²) in [5.41, 5.74) is 12.3. The van der Waals surface area contributed by atoms with Gasteiger partial charge in [-0.25, -0.2) is 15.0 Å². The predicted octanol–water partition coefficient (Wildman–Crippen LogP) is 15.6. The Morgan fingerprint density at radius 3 is 1.84 bits per heavy atom. The van der Waals surface area contributed by atoms with Gasteiger partial charge in [-0.3, -0.25) is 0 Å². The molecule has 0 aliphatic rings. The van der Waals surface area contributed by atoms with Crippen LogP contribution in [0, 0.1) is 0 Å². The lowest BCUT2D eigenvalue weighted by atomic mass is 9.97. The molecule has 4 heterocycles. The zero-order chi connectivity index (χ0) is 41.4. The average Bonchev–Trinajstić information content (AvgIpc) is 4.04. The fourth-order valence-corrected chi connectivity index (χ4v) is 10.4. The minimum absolute atomic E-state index is 0.626. The van der Waals surface area contributed by atoms with Gasteiger partial charge in [0.1, 0.15) is 11.2 Å². The molecule has 0 aliphatic heterocycles. The summed E-state index contributed by atoms with van der Waals surface area (Å²) in [5, 5.41) is 6.91.